The molecule has 0 fully saturated rings. The van der Waals surface area contributed by atoms with Crippen LogP contribution in [-0.4, -0.2) is 39.7 Å². The van der Waals surface area contributed by atoms with Crippen molar-refractivity contribution in [1.29, 1.82) is 0 Å². The number of anilines is 1. The maximum atomic E-state index is 12.6. The Morgan fingerprint density at radius 2 is 1.50 bits per heavy atom. The molecular formula is C13H15N3O5S. The quantitative estimate of drug-likeness (QED) is 0.854. The van der Waals surface area contributed by atoms with E-state index in [1.54, 1.807) is 6.07 Å². The lowest BCUT2D eigenvalue weighted by Gasteiger charge is -2.15. The molecule has 1 aromatic carbocycles. The van der Waals surface area contributed by atoms with E-state index >= 15 is 0 Å². The van der Waals surface area contributed by atoms with E-state index in [9.17, 15) is 8.42 Å². The van der Waals surface area contributed by atoms with Crippen molar-refractivity contribution in [2.75, 3.05) is 26.1 Å². The zero-order chi connectivity index (χ0) is 16.2. The lowest BCUT2D eigenvalue weighted by Crippen LogP contribution is -2.17. The fourth-order valence-corrected chi connectivity index (χ4v) is 3.02. The van der Waals surface area contributed by atoms with Crippen LogP contribution in [0.4, 0.5) is 5.95 Å². The molecule has 9 heteroatoms. The fraction of sp³-hybridized carbons (Fsp3) is 0.231. The normalized spacial score (nSPS) is 10.9. The van der Waals surface area contributed by atoms with Crippen LogP contribution in [0.15, 0.2) is 35.5 Å². The van der Waals surface area contributed by atoms with Crippen molar-refractivity contribution >= 4 is 16.0 Å². The minimum atomic E-state index is -4.00. The van der Waals surface area contributed by atoms with E-state index in [2.05, 4.69) is 14.7 Å². The zero-order valence-corrected chi connectivity index (χ0v) is 13.0. The zero-order valence-electron chi connectivity index (χ0n) is 12.2. The summed E-state index contributed by atoms with van der Waals surface area (Å²) in [7, 11) is 0.159. The number of methoxy groups -OCH3 is 3. The third-order valence-electron chi connectivity index (χ3n) is 2.73. The maximum Gasteiger partial charge on any atom is 0.271 e. The third kappa shape index (κ3) is 3.19. The molecule has 0 aliphatic heterocycles. The van der Waals surface area contributed by atoms with Crippen LogP contribution in [0.2, 0.25) is 0 Å². The first-order valence-electron chi connectivity index (χ1n) is 6.11. The van der Waals surface area contributed by atoms with Crippen molar-refractivity contribution < 1.29 is 22.6 Å². The summed E-state index contributed by atoms with van der Waals surface area (Å²) in [5.74, 6) is 0.519. The monoisotopic (exact) mass is 325 g/mol. The van der Waals surface area contributed by atoms with E-state index in [4.69, 9.17) is 14.2 Å². The number of nitrogens with one attached hydrogen (secondary N) is 1. The molecule has 0 bridgehead atoms. The molecule has 1 N–H and O–H groups in total. The van der Waals surface area contributed by atoms with Gasteiger partial charge in [0.1, 0.15) is 17.2 Å². The number of nitrogens with zero attached hydrogens (tertiary/aromatic N) is 2. The molecule has 0 saturated carbocycles. The molecule has 2 rings (SSSR count). The molecule has 0 aliphatic carbocycles. The van der Waals surface area contributed by atoms with Gasteiger partial charge in [0.15, 0.2) is 4.90 Å². The molecule has 22 heavy (non-hydrogen) atoms. The lowest BCUT2D eigenvalue weighted by molar-refractivity contribution is 0.359. The van der Waals surface area contributed by atoms with Gasteiger partial charge in [-0.25, -0.2) is 23.1 Å². The Bertz CT molecular complexity index is 725. The second-order valence-electron chi connectivity index (χ2n) is 4.04. The van der Waals surface area contributed by atoms with Gasteiger partial charge in [-0.1, -0.05) is 0 Å². The van der Waals surface area contributed by atoms with Crippen molar-refractivity contribution in [3.05, 3.63) is 30.6 Å². The number of benzene rings is 1. The minimum absolute atomic E-state index is 0.0533. The Kier molecular flexibility index (Phi) is 4.66. The first-order valence-corrected chi connectivity index (χ1v) is 7.60. The molecule has 0 atom stereocenters. The van der Waals surface area contributed by atoms with Gasteiger partial charge in [0.25, 0.3) is 10.0 Å². The molecule has 0 radical (unpaired) electrons. The second kappa shape index (κ2) is 6.48. The van der Waals surface area contributed by atoms with Crippen LogP contribution in [0.25, 0.3) is 0 Å². The van der Waals surface area contributed by atoms with Gasteiger partial charge in [0.05, 0.1) is 21.3 Å². The van der Waals surface area contributed by atoms with E-state index in [1.807, 2.05) is 0 Å². The van der Waals surface area contributed by atoms with Crippen molar-refractivity contribution in [1.82, 2.24) is 9.97 Å². The minimum Gasteiger partial charge on any atom is -0.496 e. The number of rotatable bonds is 6. The average Bonchev–Trinajstić information content (AvgIpc) is 2.53. The molecule has 1 aromatic heterocycles. The van der Waals surface area contributed by atoms with Gasteiger partial charge in [-0.15, -0.1) is 0 Å². The third-order valence-corrected chi connectivity index (χ3v) is 4.12. The van der Waals surface area contributed by atoms with E-state index < -0.39 is 10.0 Å². The fourth-order valence-electron chi connectivity index (χ4n) is 1.76. The highest BCUT2D eigenvalue weighted by Crippen LogP contribution is 2.38. The summed E-state index contributed by atoms with van der Waals surface area (Å²) in [6, 6.07) is 4.47. The Morgan fingerprint density at radius 3 is 1.95 bits per heavy atom. The van der Waals surface area contributed by atoms with Gasteiger partial charge in [0.2, 0.25) is 5.95 Å². The molecule has 0 saturated heterocycles. The van der Waals surface area contributed by atoms with Gasteiger partial charge in [-0.3, -0.25) is 0 Å². The summed E-state index contributed by atoms with van der Waals surface area (Å²) in [5, 5.41) is 0. The number of hydrogen-bond donors (Lipinski definition) is 1. The summed E-state index contributed by atoms with van der Waals surface area (Å²) >= 11 is 0. The summed E-state index contributed by atoms with van der Waals surface area (Å²) in [6.45, 7) is 0. The standard InChI is InChI=1S/C13H15N3O5S/c1-19-9-7-10(20-2)12(11(8-9)21-3)22(17,18)16-13-14-5-4-6-15-13/h4-8H,1-3H3,(H,14,15,16). The summed E-state index contributed by atoms with van der Waals surface area (Å²) < 4.78 is 42.8. The van der Waals surface area contributed by atoms with Crippen LogP contribution in [0, 0.1) is 0 Å². The molecule has 118 valence electrons. The first kappa shape index (κ1) is 15.8. The SMILES string of the molecule is COc1cc(OC)c(S(=O)(=O)Nc2ncccn2)c(OC)c1. The second-order valence-corrected chi connectivity index (χ2v) is 5.66. The molecule has 0 unspecified atom stereocenters. The van der Waals surface area contributed by atoms with Crippen molar-refractivity contribution in [3.8, 4) is 17.2 Å². The van der Waals surface area contributed by atoms with Crippen LogP contribution < -0.4 is 18.9 Å². The van der Waals surface area contributed by atoms with E-state index in [1.165, 1.54) is 45.9 Å². The molecule has 0 spiro atoms. The van der Waals surface area contributed by atoms with Crippen molar-refractivity contribution in [3.63, 3.8) is 0 Å². The molecule has 0 aliphatic rings. The molecule has 0 amide bonds. The highest BCUT2D eigenvalue weighted by molar-refractivity contribution is 7.93. The molecule has 2 aromatic rings. The number of aromatic nitrogens is 2. The van der Waals surface area contributed by atoms with Crippen LogP contribution in [0.3, 0.4) is 0 Å². The topological polar surface area (TPSA) is 99.6 Å². The highest BCUT2D eigenvalue weighted by Gasteiger charge is 2.27. The van der Waals surface area contributed by atoms with E-state index in [0.717, 1.165) is 0 Å². The predicted octanol–water partition coefficient (Wildman–Crippen LogP) is 1.30. The summed E-state index contributed by atoms with van der Waals surface area (Å²) in [6.07, 6.45) is 2.85. The van der Waals surface area contributed by atoms with Gasteiger partial charge >= 0.3 is 0 Å². The van der Waals surface area contributed by atoms with Gasteiger partial charge in [-0.05, 0) is 6.07 Å². The number of ether oxygens (including phenoxy) is 3. The Hall–Kier alpha value is -2.55. The van der Waals surface area contributed by atoms with Crippen LogP contribution in [0.1, 0.15) is 0 Å². The van der Waals surface area contributed by atoms with E-state index in [0.29, 0.717) is 5.75 Å². The molecule has 8 nitrogen and oxygen atoms in total. The number of hydrogen-bond acceptors (Lipinski definition) is 7. The number of sulfonamides is 1. The van der Waals surface area contributed by atoms with Gasteiger partial charge < -0.3 is 14.2 Å². The van der Waals surface area contributed by atoms with Gasteiger partial charge in [0, 0.05) is 24.5 Å². The summed E-state index contributed by atoms with van der Waals surface area (Å²) in [5.41, 5.74) is 0. The molecule has 1 heterocycles. The van der Waals surface area contributed by atoms with Crippen molar-refractivity contribution in [2.45, 2.75) is 4.90 Å². The maximum absolute atomic E-state index is 12.6. The van der Waals surface area contributed by atoms with Crippen LogP contribution in [-0.2, 0) is 10.0 Å². The Balaban J connectivity index is 2.54. The van der Waals surface area contributed by atoms with E-state index in [-0.39, 0.29) is 22.3 Å². The average molecular weight is 325 g/mol. The van der Waals surface area contributed by atoms with Gasteiger partial charge in [-0.2, -0.15) is 0 Å². The predicted molar refractivity (Wildman–Crippen MR) is 78.9 cm³/mol. The van der Waals surface area contributed by atoms with Crippen molar-refractivity contribution in [2.24, 2.45) is 0 Å². The smallest absolute Gasteiger partial charge is 0.271 e. The Morgan fingerprint density at radius 1 is 0.955 bits per heavy atom. The lowest BCUT2D eigenvalue weighted by atomic mass is 10.3. The summed E-state index contributed by atoms with van der Waals surface area (Å²) in [4.78, 5) is 7.49. The Labute approximate surface area is 128 Å². The highest BCUT2D eigenvalue weighted by atomic mass is 32.2. The van der Waals surface area contributed by atoms with Crippen LogP contribution in [0.5, 0.6) is 17.2 Å². The van der Waals surface area contributed by atoms with Crippen LogP contribution >= 0.6 is 0 Å². The largest absolute Gasteiger partial charge is 0.496 e. The molecular weight excluding hydrogens is 310 g/mol. The first-order chi connectivity index (χ1) is 10.5.